The van der Waals surface area contributed by atoms with Gasteiger partial charge in [0.05, 0.1) is 17.8 Å². The third kappa shape index (κ3) is 5.19. The van der Waals surface area contributed by atoms with Crippen LogP contribution in [0.1, 0.15) is 34.5 Å². The molecule has 1 amide bonds. The van der Waals surface area contributed by atoms with Crippen LogP contribution in [0.25, 0.3) is 0 Å². The summed E-state index contributed by atoms with van der Waals surface area (Å²) >= 11 is 0. The average molecular weight is 386 g/mol. The van der Waals surface area contributed by atoms with Crippen molar-refractivity contribution in [2.24, 2.45) is 5.92 Å². The maximum atomic E-state index is 12.3. The Morgan fingerprint density at radius 3 is 2.45 bits per heavy atom. The van der Waals surface area contributed by atoms with Crippen molar-refractivity contribution in [1.82, 2.24) is 15.3 Å². The number of carbonyl (C=O) groups excluding carboxylic acids is 1. The third-order valence-electron chi connectivity index (χ3n) is 5.47. The molecule has 0 saturated carbocycles. The maximum absolute atomic E-state index is 12.3. The Balaban J connectivity index is 1.27. The topological polar surface area (TPSA) is 58.1 Å². The SMILES string of the molecule is O=C(NCc1ccccn1)c1ccc(N2CCC(Cc3ccccc3)CC2)nc1. The molecule has 3 heterocycles. The first kappa shape index (κ1) is 19.1. The minimum Gasteiger partial charge on any atom is -0.357 e. The molecule has 1 N–H and O–H groups in total. The number of anilines is 1. The van der Waals surface area contributed by atoms with Crippen molar-refractivity contribution in [3.05, 3.63) is 89.9 Å². The van der Waals surface area contributed by atoms with E-state index in [1.165, 1.54) is 18.4 Å². The summed E-state index contributed by atoms with van der Waals surface area (Å²) in [5.41, 5.74) is 2.83. The quantitative estimate of drug-likeness (QED) is 0.699. The van der Waals surface area contributed by atoms with Gasteiger partial charge in [0.1, 0.15) is 5.82 Å². The summed E-state index contributed by atoms with van der Waals surface area (Å²) in [5, 5.41) is 2.89. The van der Waals surface area contributed by atoms with Crippen molar-refractivity contribution in [3.8, 4) is 0 Å². The van der Waals surface area contributed by atoms with Crippen molar-refractivity contribution >= 4 is 11.7 Å². The Morgan fingerprint density at radius 1 is 0.966 bits per heavy atom. The minimum atomic E-state index is -0.128. The van der Waals surface area contributed by atoms with Crippen LogP contribution in [0.5, 0.6) is 0 Å². The molecule has 0 aliphatic carbocycles. The van der Waals surface area contributed by atoms with Crippen molar-refractivity contribution < 1.29 is 4.79 Å². The molecule has 3 aromatic rings. The van der Waals surface area contributed by atoms with Crippen LogP contribution in [-0.2, 0) is 13.0 Å². The Morgan fingerprint density at radius 2 is 1.76 bits per heavy atom. The summed E-state index contributed by atoms with van der Waals surface area (Å²) in [6.07, 6.45) is 6.88. The first-order chi connectivity index (χ1) is 14.3. The zero-order valence-corrected chi connectivity index (χ0v) is 16.5. The zero-order chi connectivity index (χ0) is 19.9. The molecule has 1 saturated heterocycles. The predicted octanol–water partition coefficient (Wildman–Crippen LogP) is 3.87. The van der Waals surface area contributed by atoms with Crippen LogP contribution in [0.4, 0.5) is 5.82 Å². The number of nitrogens with one attached hydrogen (secondary N) is 1. The second kappa shape index (κ2) is 9.32. The van der Waals surface area contributed by atoms with Crippen LogP contribution in [0, 0.1) is 5.92 Å². The van der Waals surface area contributed by atoms with Crippen LogP contribution < -0.4 is 10.2 Å². The van der Waals surface area contributed by atoms with E-state index in [1.807, 2.05) is 30.3 Å². The van der Waals surface area contributed by atoms with Crippen LogP contribution in [0.15, 0.2) is 73.1 Å². The molecule has 0 radical (unpaired) electrons. The molecule has 5 heteroatoms. The lowest BCUT2D eigenvalue weighted by Crippen LogP contribution is -2.35. The van der Waals surface area contributed by atoms with Crippen LogP contribution in [0.2, 0.25) is 0 Å². The van der Waals surface area contributed by atoms with Gasteiger partial charge in [0.2, 0.25) is 0 Å². The van der Waals surface area contributed by atoms with E-state index in [0.29, 0.717) is 12.1 Å². The number of hydrogen-bond donors (Lipinski definition) is 1. The number of benzene rings is 1. The molecule has 0 atom stereocenters. The monoisotopic (exact) mass is 386 g/mol. The summed E-state index contributed by atoms with van der Waals surface area (Å²) in [6.45, 7) is 2.43. The van der Waals surface area contributed by atoms with Crippen molar-refractivity contribution in [1.29, 1.82) is 0 Å². The van der Waals surface area contributed by atoms with Crippen molar-refractivity contribution in [2.45, 2.75) is 25.8 Å². The van der Waals surface area contributed by atoms with Gasteiger partial charge in [0, 0.05) is 25.5 Å². The minimum absolute atomic E-state index is 0.128. The molecule has 0 unspecified atom stereocenters. The van der Waals surface area contributed by atoms with E-state index in [0.717, 1.165) is 36.9 Å². The highest BCUT2D eigenvalue weighted by Crippen LogP contribution is 2.24. The molecule has 1 fully saturated rings. The van der Waals surface area contributed by atoms with Crippen molar-refractivity contribution in [2.75, 3.05) is 18.0 Å². The normalized spacial score (nSPS) is 14.6. The molecule has 2 aromatic heterocycles. The van der Waals surface area contributed by atoms with E-state index in [-0.39, 0.29) is 5.91 Å². The second-order valence-corrected chi connectivity index (χ2v) is 7.53. The van der Waals surface area contributed by atoms with Gasteiger partial charge in [-0.25, -0.2) is 4.98 Å². The van der Waals surface area contributed by atoms with E-state index in [2.05, 4.69) is 50.5 Å². The van der Waals surface area contributed by atoms with Gasteiger partial charge >= 0.3 is 0 Å². The van der Waals surface area contributed by atoms with Gasteiger partial charge in [-0.2, -0.15) is 0 Å². The largest absolute Gasteiger partial charge is 0.357 e. The van der Waals surface area contributed by atoms with E-state index in [9.17, 15) is 4.79 Å². The number of piperidine rings is 1. The lowest BCUT2D eigenvalue weighted by molar-refractivity contribution is 0.0950. The first-order valence-corrected chi connectivity index (χ1v) is 10.2. The van der Waals surface area contributed by atoms with Gasteiger partial charge in [-0.1, -0.05) is 36.4 Å². The van der Waals surface area contributed by atoms with E-state index in [4.69, 9.17) is 0 Å². The van der Waals surface area contributed by atoms with E-state index >= 15 is 0 Å². The van der Waals surface area contributed by atoms with Gasteiger partial charge in [-0.15, -0.1) is 0 Å². The average Bonchev–Trinajstić information content (AvgIpc) is 2.79. The summed E-state index contributed by atoms with van der Waals surface area (Å²) in [4.78, 5) is 23.4. The van der Waals surface area contributed by atoms with Crippen LogP contribution >= 0.6 is 0 Å². The van der Waals surface area contributed by atoms with Crippen LogP contribution in [0.3, 0.4) is 0 Å². The van der Waals surface area contributed by atoms with Crippen molar-refractivity contribution in [3.63, 3.8) is 0 Å². The number of amides is 1. The Labute approximate surface area is 171 Å². The van der Waals surface area contributed by atoms with Gasteiger partial charge in [-0.3, -0.25) is 9.78 Å². The zero-order valence-electron chi connectivity index (χ0n) is 16.5. The standard InChI is InChI=1S/C24H26N4O/c29-24(27-18-22-8-4-5-13-25-22)21-9-10-23(26-17-21)28-14-11-20(12-15-28)16-19-6-2-1-3-7-19/h1-10,13,17,20H,11-12,14-16,18H2,(H,27,29). The lowest BCUT2D eigenvalue weighted by Gasteiger charge is -2.33. The predicted molar refractivity (Wildman–Crippen MR) is 115 cm³/mol. The molecule has 0 spiro atoms. The summed E-state index contributed by atoms with van der Waals surface area (Å²) < 4.78 is 0. The van der Waals surface area contributed by atoms with Crippen LogP contribution in [-0.4, -0.2) is 29.0 Å². The van der Waals surface area contributed by atoms with Gasteiger partial charge in [0.15, 0.2) is 0 Å². The molecule has 1 aliphatic heterocycles. The molecular formula is C24H26N4O. The first-order valence-electron chi connectivity index (χ1n) is 10.2. The fourth-order valence-corrected chi connectivity index (χ4v) is 3.80. The Kier molecular flexibility index (Phi) is 6.15. The fourth-order valence-electron chi connectivity index (χ4n) is 3.80. The Hall–Kier alpha value is -3.21. The number of hydrogen-bond acceptors (Lipinski definition) is 4. The molecule has 4 rings (SSSR count). The summed E-state index contributed by atoms with van der Waals surface area (Å²) in [6, 6.07) is 20.2. The fraction of sp³-hybridized carbons (Fsp3) is 0.292. The van der Waals surface area contributed by atoms with Gasteiger partial charge in [0.25, 0.3) is 5.91 Å². The maximum Gasteiger partial charge on any atom is 0.253 e. The molecule has 1 aliphatic rings. The third-order valence-corrected chi connectivity index (χ3v) is 5.47. The highest BCUT2D eigenvalue weighted by atomic mass is 16.1. The number of rotatable bonds is 6. The van der Waals surface area contributed by atoms with E-state index in [1.54, 1.807) is 12.4 Å². The summed E-state index contributed by atoms with van der Waals surface area (Å²) in [5.74, 6) is 1.55. The molecule has 148 valence electrons. The molecule has 1 aromatic carbocycles. The highest BCUT2D eigenvalue weighted by Gasteiger charge is 2.20. The van der Waals surface area contributed by atoms with Gasteiger partial charge in [-0.05, 0) is 55.0 Å². The van der Waals surface area contributed by atoms with Gasteiger partial charge < -0.3 is 10.2 Å². The smallest absolute Gasteiger partial charge is 0.253 e. The number of nitrogens with zero attached hydrogens (tertiary/aromatic N) is 3. The van der Waals surface area contributed by atoms with E-state index < -0.39 is 0 Å². The number of aromatic nitrogens is 2. The number of carbonyl (C=O) groups is 1. The highest BCUT2D eigenvalue weighted by molar-refractivity contribution is 5.93. The number of pyridine rings is 2. The second-order valence-electron chi connectivity index (χ2n) is 7.53. The molecule has 5 nitrogen and oxygen atoms in total. The summed E-state index contributed by atoms with van der Waals surface area (Å²) in [7, 11) is 0. The lowest BCUT2D eigenvalue weighted by atomic mass is 9.90. The molecule has 29 heavy (non-hydrogen) atoms. The Bertz CT molecular complexity index is 905. The molecular weight excluding hydrogens is 360 g/mol. The molecule has 0 bridgehead atoms.